The normalized spacial score (nSPS) is 14.3. The standard InChI is InChI=1S/C13H22N2O4S2/c1-10(2)8-11(14)9-15-21(18,19)13-6-4-12(5-7-13)20(3,16)17/h4-7,10-11,15H,8-9,14H2,1-3H3. The SMILES string of the molecule is CC(C)CC(N)CNS(=O)(=O)c1ccc(S(C)(=O)=O)cc1. The third-order valence-corrected chi connectivity index (χ3v) is 5.44. The number of rotatable bonds is 7. The van der Waals surface area contributed by atoms with Gasteiger partial charge in [-0.3, -0.25) is 0 Å². The maximum Gasteiger partial charge on any atom is 0.240 e. The second-order valence-corrected chi connectivity index (χ2v) is 9.27. The highest BCUT2D eigenvalue weighted by molar-refractivity contribution is 7.90. The molecular formula is C13H22N2O4S2. The minimum absolute atomic E-state index is 0.0200. The van der Waals surface area contributed by atoms with Gasteiger partial charge in [0.05, 0.1) is 9.79 Å². The molecule has 0 radical (unpaired) electrons. The molecular weight excluding hydrogens is 312 g/mol. The Hall–Kier alpha value is -0.960. The van der Waals surface area contributed by atoms with Crippen molar-refractivity contribution in [2.45, 2.75) is 36.1 Å². The highest BCUT2D eigenvalue weighted by Gasteiger charge is 2.17. The molecule has 0 aliphatic heterocycles. The number of sulfonamides is 1. The first-order chi connectivity index (χ1) is 9.52. The molecule has 8 heteroatoms. The van der Waals surface area contributed by atoms with Crippen molar-refractivity contribution in [3.63, 3.8) is 0 Å². The molecule has 21 heavy (non-hydrogen) atoms. The second kappa shape index (κ2) is 6.87. The number of benzene rings is 1. The number of sulfone groups is 1. The Bertz CT molecular complexity index is 665. The van der Waals surface area contributed by atoms with Crippen LogP contribution in [0, 0.1) is 5.92 Å². The van der Waals surface area contributed by atoms with Crippen LogP contribution in [0.15, 0.2) is 34.1 Å². The van der Waals surface area contributed by atoms with E-state index in [9.17, 15) is 16.8 Å². The largest absolute Gasteiger partial charge is 0.327 e. The molecule has 0 aliphatic carbocycles. The Morgan fingerprint density at radius 3 is 1.95 bits per heavy atom. The van der Waals surface area contributed by atoms with E-state index in [0.717, 1.165) is 12.7 Å². The molecule has 1 unspecified atom stereocenters. The summed E-state index contributed by atoms with van der Waals surface area (Å²) in [6.07, 6.45) is 1.79. The number of hydrogen-bond acceptors (Lipinski definition) is 5. The third-order valence-electron chi connectivity index (χ3n) is 2.87. The predicted octanol–water partition coefficient (Wildman–Crippen LogP) is 0.742. The van der Waals surface area contributed by atoms with Gasteiger partial charge >= 0.3 is 0 Å². The Balaban J connectivity index is 2.79. The quantitative estimate of drug-likeness (QED) is 0.765. The maximum absolute atomic E-state index is 12.1. The van der Waals surface area contributed by atoms with Crippen molar-refractivity contribution in [3.05, 3.63) is 24.3 Å². The Labute approximate surface area is 126 Å². The first kappa shape index (κ1) is 18.1. The molecule has 0 saturated carbocycles. The molecule has 6 nitrogen and oxygen atoms in total. The fourth-order valence-corrected chi connectivity index (χ4v) is 3.58. The molecule has 0 bridgehead atoms. The molecule has 1 atom stereocenters. The fourth-order valence-electron chi connectivity index (χ4n) is 1.85. The Kier molecular flexibility index (Phi) is 5.92. The van der Waals surface area contributed by atoms with Gasteiger partial charge in [0.2, 0.25) is 10.0 Å². The molecule has 0 saturated heterocycles. The molecule has 0 heterocycles. The van der Waals surface area contributed by atoms with Crippen LogP contribution in [0.25, 0.3) is 0 Å². The van der Waals surface area contributed by atoms with E-state index in [2.05, 4.69) is 4.72 Å². The average Bonchev–Trinajstić information content (AvgIpc) is 2.35. The first-order valence-electron chi connectivity index (χ1n) is 6.57. The summed E-state index contributed by atoms with van der Waals surface area (Å²) in [4.78, 5) is 0.101. The number of nitrogens with two attached hydrogens (primary N) is 1. The van der Waals surface area contributed by atoms with Gasteiger partial charge in [-0.2, -0.15) is 0 Å². The van der Waals surface area contributed by atoms with Crippen molar-refractivity contribution in [3.8, 4) is 0 Å². The van der Waals surface area contributed by atoms with Crippen LogP contribution in [0.2, 0.25) is 0 Å². The Morgan fingerprint density at radius 2 is 1.52 bits per heavy atom. The zero-order valence-corrected chi connectivity index (χ0v) is 14.0. The lowest BCUT2D eigenvalue weighted by molar-refractivity contribution is 0.486. The van der Waals surface area contributed by atoms with Crippen LogP contribution in [0.4, 0.5) is 0 Å². The van der Waals surface area contributed by atoms with Crippen LogP contribution in [0.3, 0.4) is 0 Å². The van der Waals surface area contributed by atoms with E-state index < -0.39 is 19.9 Å². The van der Waals surface area contributed by atoms with Crippen molar-refractivity contribution < 1.29 is 16.8 Å². The third kappa shape index (κ3) is 5.74. The van der Waals surface area contributed by atoms with E-state index in [4.69, 9.17) is 5.73 Å². The number of nitrogens with one attached hydrogen (secondary N) is 1. The van der Waals surface area contributed by atoms with Crippen molar-refractivity contribution in [1.29, 1.82) is 0 Å². The van der Waals surface area contributed by atoms with E-state index in [-0.39, 0.29) is 22.4 Å². The molecule has 120 valence electrons. The van der Waals surface area contributed by atoms with Crippen LogP contribution in [0.1, 0.15) is 20.3 Å². The van der Waals surface area contributed by atoms with Gasteiger partial charge in [-0.1, -0.05) is 13.8 Å². The van der Waals surface area contributed by atoms with Crippen LogP contribution in [-0.4, -0.2) is 35.7 Å². The minimum Gasteiger partial charge on any atom is -0.327 e. The monoisotopic (exact) mass is 334 g/mol. The summed E-state index contributed by atoms with van der Waals surface area (Å²) in [6.45, 7) is 4.17. The second-order valence-electron chi connectivity index (χ2n) is 5.49. The molecule has 0 spiro atoms. The number of hydrogen-bond donors (Lipinski definition) is 2. The zero-order valence-electron chi connectivity index (χ0n) is 12.4. The zero-order chi connectivity index (χ0) is 16.3. The van der Waals surface area contributed by atoms with Gasteiger partial charge in [0.15, 0.2) is 9.84 Å². The Morgan fingerprint density at radius 1 is 1.05 bits per heavy atom. The topological polar surface area (TPSA) is 106 Å². The summed E-state index contributed by atoms with van der Waals surface area (Å²) in [6, 6.07) is 4.84. The highest BCUT2D eigenvalue weighted by Crippen LogP contribution is 2.14. The molecule has 0 fully saturated rings. The summed E-state index contributed by atoms with van der Waals surface area (Å²) < 4.78 is 49.2. The van der Waals surface area contributed by atoms with Crippen molar-refractivity contribution >= 4 is 19.9 Å². The van der Waals surface area contributed by atoms with E-state index in [0.29, 0.717) is 5.92 Å². The lowest BCUT2D eigenvalue weighted by Crippen LogP contribution is -2.37. The maximum atomic E-state index is 12.1. The first-order valence-corrected chi connectivity index (χ1v) is 9.95. The lowest BCUT2D eigenvalue weighted by Gasteiger charge is -2.15. The van der Waals surface area contributed by atoms with Gasteiger partial charge in [-0.25, -0.2) is 21.6 Å². The smallest absolute Gasteiger partial charge is 0.240 e. The predicted molar refractivity (Wildman–Crippen MR) is 82.2 cm³/mol. The van der Waals surface area contributed by atoms with Gasteiger partial charge in [-0.05, 0) is 36.6 Å². The molecule has 0 aliphatic rings. The molecule has 3 N–H and O–H groups in total. The molecule has 0 aromatic heterocycles. The van der Waals surface area contributed by atoms with E-state index >= 15 is 0 Å². The van der Waals surface area contributed by atoms with Gasteiger partial charge in [0, 0.05) is 18.8 Å². The highest BCUT2D eigenvalue weighted by atomic mass is 32.2. The fraction of sp³-hybridized carbons (Fsp3) is 0.538. The van der Waals surface area contributed by atoms with E-state index in [1.54, 1.807) is 0 Å². The minimum atomic E-state index is -3.68. The summed E-state index contributed by atoms with van der Waals surface area (Å²) >= 11 is 0. The van der Waals surface area contributed by atoms with Crippen molar-refractivity contribution in [2.75, 3.05) is 12.8 Å². The van der Waals surface area contributed by atoms with Crippen LogP contribution >= 0.6 is 0 Å². The van der Waals surface area contributed by atoms with Gasteiger partial charge in [-0.15, -0.1) is 0 Å². The molecule has 1 aromatic carbocycles. The average molecular weight is 334 g/mol. The van der Waals surface area contributed by atoms with Gasteiger partial charge in [0.1, 0.15) is 0 Å². The lowest BCUT2D eigenvalue weighted by atomic mass is 10.1. The molecule has 1 aromatic rings. The van der Waals surface area contributed by atoms with Gasteiger partial charge in [0.25, 0.3) is 0 Å². The molecule has 1 rings (SSSR count). The summed E-state index contributed by atoms with van der Waals surface area (Å²) in [5, 5.41) is 0. The summed E-state index contributed by atoms with van der Waals surface area (Å²) in [5.41, 5.74) is 5.83. The van der Waals surface area contributed by atoms with Crippen LogP contribution < -0.4 is 10.5 Å². The summed E-state index contributed by atoms with van der Waals surface area (Å²) in [7, 11) is -7.02. The van der Waals surface area contributed by atoms with Crippen LogP contribution in [0.5, 0.6) is 0 Å². The molecule has 0 amide bonds. The van der Waals surface area contributed by atoms with Crippen LogP contribution in [-0.2, 0) is 19.9 Å². The van der Waals surface area contributed by atoms with E-state index in [1.807, 2.05) is 13.8 Å². The summed E-state index contributed by atoms with van der Waals surface area (Å²) in [5.74, 6) is 0.388. The van der Waals surface area contributed by atoms with Crippen molar-refractivity contribution in [1.82, 2.24) is 4.72 Å². The van der Waals surface area contributed by atoms with E-state index in [1.165, 1.54) is 24.3 Å². The van der Waals surface area contributed by atoms with Crippen molar-refractivity contribution in [2.24, 2.45) is 11.7 Å². The van der Waals surface area contributed by atoms with Gasteiger partial charge < -0.3 is 5.73 Å².